The summed E-state index contributed by atoms with van der Waals surface area (Å²) in [5.74, 6) is -0.830. The van der Waals surface area contributed by atoms with Gasteiger partial charge >= 0.3 is 0 Å². The van der Waals surface area contributed by atoms with Crippen LogP contribution in [0, 0.1) is 5.92 Å². The van der Waals surface area contributed by atoms with Crippen LogP contribution in [0.2, 0.25) is 0 Å². The molecule has 0 aromatic rings. The third-order valence-electron chi connectivity index (χ3n) is 4.01. The molecule has 5 heteroatoms. The van der Waals surface area contributed by atoms with Crippen molar-refractivity contribution in [1.82, 2.24) is 0 Å². The van der Waals surface area contributed by atoms with Gasteiger partial charge in [0.05, 0.1) is 12.2 Å². The Morgan fingerprint density at radius 1 is 0.889 bits per heavy atom. The van der Waals surface area contributed by atoms with Gasteiger partial charge in [-0.1, -0.05) is 0 Å². The minimum Gasteiger partial charge on any atom is -0.344 e. The highest BCUT2D eigenvalue weighted by atomic mass is 16.8. The maximum Gasteiger partial charge on any atom is 0.163 e. The second kappa shape index (κ2) is 3.90. The molecule has 1 saturated carbocycles. The molecule has 2 aliphatic heterocycles. The number of rotatable bonds is 1. The van der Waals surface area contributed by atoms with E-state index in [1.165, 1.54) is 0 Å². The molecule has 0 radical (unpaired) electrons. The van der Waals surface area contributed by atoms with E-state index in [9.17, 15) is 0 Å². The summed E-state index contributed by atoms with van der Waals surface area (Å²) < 4.78 is 23.9. The first-order valence-corrected chi connectivity index (χ1v) is 6.73. The number of fused-ring (bicyclic) bond motifs is 3. The Labute approximate surface area is 108 Å². The molecular weight excluding hydrogens is 234 g/mol. The molecule has 0 amide bonds. The summed E-state index contributed by atoms with van der Waals surface area (Å²) in [6.45, 7) is 8.36. The molecule has 0 aromatic heterocycles. The van der Waals surface area contributed by atoms with Crippen molar-refractivity contribution >= 4 is 0 Å². The SMILES string of the molecule is CC1(C)O[C@@H]2[C@H]3OC(C)(C)O[C@H]3C[C@H](CN)[C@@H]2O1. The van der Waals surface area contributed by atoms with Gasteiger partial charge in [0, 0.05) is 5.92 Å². The number of hydrogen-bond acceptors (Lipinski definition) is 5. The lowest BCUT2D eigenvalue weighted by Crippen LogP contribution is -2.52. The Balaban J connectivity index is 1.86. The number of hydrogen-bond donors (Lipinski definition) is 1. The second-order valence-electron chi connectivity index (χ2n) is 6.43. The normalized spacial score (nSPS) is 48.8. The van der Waals surface area contributed by atoms with Gasteiger partial charge in [-0.2, -0.15) is 0 Å². The maximum absolute atomic E-state index is 6.01. The first kappa shape index (κ1) is 12.8. The summed E-state index contributed by atoms with van der Waals surface area (Å²) in [5.41, 5.74) is 5.87. The fraction of sp³-hybridized carbons (Fsp3) is 1.00. The summed E-state index contributed by atoms with van der Waals surface area (Å²) in [4.78, 5) is 0. The summed E-state index contributed by atoms with van der Waals surface area (Å²) in [7, 11) is 0. The van der Waals surface area contributed by atoms with Gasteiger partial charge in [-0.15, -0.1) is 0 Å². The summed E-state index contributed by atoms with van der Waals surface area (Å²) in [6, 6.07) is 0. The predicted octanol–water partition coefficient (Wildman–Crippen LogP) is 1.01. The lowest BCUT2D eigenvalue weighted by molar-refractivity contribution is -0.176. The zero-order chi connectivity index (χ0) is 13.1. The number of ether oxygens (including phenoxy) is 4. The highest BCUT2D eigenvalue weighted by Crippen LogP contribution is 2.46. The van der Waals surface area contributed by atoms with E-state index < -0.39 is 11.6 Å². The Hall–Kier alpha value is -0.200. The van der Waals surface area contributed by atoms with Crippen molar-refractivity contribution < 1.29 is 18.9 Å². The van der Waals surface area contributed by atoms with Crippen LogP contribution in [-0.4, -0.2) is 42.5 Å². The van der Waals surface area contributed by atoms with Gasteiger partial charge in [0.1, 0.15) is 12.2 Å². The van der Waals surface area contributed by atoms with Crippen LogP contribution in [0.15, 0.2) is 0 Å². The minimum absolute atomic E-state index is 0.0174. The van der Waals surface area contributed by atoms with E-state index in [2.05, 4.69) is 0 Å². The van der Waals surface area contributed by atoms with Crippen molar-refractivity contribution in [3.63, 3.8) is 0 Å². The van der Waals surface area contributed by atoms with Crippen LogP contribution in [0.4, 0.5) is 0 Å². The van der Waals surface area contributed by atoms with Crippen LogP contribution in [0.25, 0.3) is 0 Å². The standard InChI is InChI=1S/C13H23NO4/c1-12(2)15-8-5-7(6-14)9-11(10(8)17-12)18-13(3,4)16-9/h7-11H,5-6,14H2,1-4H3/t7-,8+,9+,10+,11+/m1/s1. The Morgan fingerprint density at radius 3 is 2.11 bits per heavy atom. The molecule has 18 heavy (non-hydrogen) atoms. The average Bonchev–Trinajstić information content (AvgIpc) is 2.71. The van der Waals surface area contributed by atoms with Crippen molar-refractivity contribution in [3.05, 3.63) is 0 Å². The highest BCUT2D eigenvalue weighted by molar-refractivity contribution is 5.03. The zero-order valence-corrected chi connectivity index (χ0v) is 11.5. The first-order chi connectivity index (χ1) is 8.31. The molecule has 0 spiro atoms. The predicted molar refractivity (Wildman–Crippen MR) is 64.8 cm³/mol. The molecular formula is C13H23NO4. The maximum atomic E-state index is 6.01. The van der Waals surface area contributed by atoms with Crippen molar-refractivity contribution in [2.24, 2.45) is 11.7 Å². The van der Waals surface area contributed by atoms with E-state index in [0.717, 1.165) is 6.42 Å². The van der Waals surface area contributed by atoms with Gasteiger partial charge in [0.2, 0.25) is 0 Å². The van der Waals surface area contributed by atoms with E-state index >= 15 is 0 Å². The van der Waals surface area contributed by atoms with Gasteiger partial charge in [0.15, 0.2) is 11.6 Å². The molecule has 104 valence electrons. The third kappa shape index (κ3) is 1.98. The van der Waals surface area contributed by atoms with Gasteiger partial charge in [-0.3, -0.25) is 0 Å². The summed E-state index contributed by atoms with van der Waals surface area (Å²) in [6.07, 6.45) is 0.838. The fourth-order valence-electron chi connectivity index (χ4n) is 3.42. The molecule has 0 bridgehead atoms. The Bertz CT molecular complexity index is 344. The Morgan fingerprint density at radius 2 is 1.44 bits per heavy atom. The molecule has 5 nitrogen and oxygen atoms in total. The minimum atomic E-state index is -0.562. The van der Waals surface area contributed by atoms with Crippen LogP contribution in [0.5, 0.6) is 0 Å². The molecule has 2 N–H and O–H groups in total. The second-order valence-corrected chi connectivity index (χ2v) is 6.43. The molecule has 3 aliphatic rings. The third-order valence-corrected chi connectivity index (χ3v) is 4.01. The largest absolute Gasteiger partial charge is 0.344 e. The van der Waals surface area contributed by atoms with Gasteiger partial charge in [-0.05, 0) is 40.7 Å². The monoisotopic (exact) mass is 257 g/mol. The van der Waals surface area contributed by atoms with Crippen LogP contribution < -0.4 is 5.73 Å². The highest BCUT2D eigenvalue weighted by Gasteiger charge is 2.59. The lowest BCUT2D eigenvalue weighted by Gasteiger charge is -2.36. The van der Waals surface area contributed by atoms with Crippen LogP contribution >= 0.6 is 0 Å². The lowest BCUT2D eigenvalue weighted by atomic mass is 9.81. The van der Waals surface area contributed by atoms with Gasteiger partial charge in [0.25, 0.3) is 0 Å². The number of nitrogens with two attached hydrogens (primary N) is 1. The van der Waals surface area contributed by atoms with E-state index in [1.807, 2.05) is 27.7 Å². The molecule has 2 saturated heterocycles. The summed E-state index contributed by atoms with van der Waals surface area (Å²) >= 11 is 0. The van der Waals surface area contributed by atoms with E-state index in [1.54, 1.807) is 0 Å². The van der Waals surface area contributed by atoms with Crippen molar-refractivity contribution in [3.8, 4) is 0 Å². The van der Waals surface area contributed by atoms with Crippen molar-refractivity contribution in [2.75, 3.05) is 6.54 Å². The molecule has 3 fully saturated rings. The topological polar surface area (TPSA) is 62.9 Å². The molecule has 2 heterocycles. The zero-order valence-electron chi connectivity index (χ0n) is 11.5. The van der Waals surface area contributed by atoms with E-state index in [0.29, 0.717) is 6.54 Å². The average molecular weight is 257 g/mol. The van der Waals surface area contributed by atoms with Crippen molar-refractivity contribution in [2.45, 2.75) is 70.1 Å². The first-order valence-electron chi connectivity index (χ1n) is 6.73. The van der Waals surface area contributed by atoms with Gasteiger partial charge in [-0.25, -0.2) is 0 Å². The van der Waals surface area contributed by atoms with E-state index in [4.69, 9.17) is 24.7 Å². The van der Waals surface area contributed by atoms with Crippen LogP contribution in [0.3, 0.4) is 0 Å². The quantitative estimate of drug-likeness (QED) is 0.759. The molecule has 1 aliphatic carbocycles. The summed E-state index contributed by atoms with van der Waals surface area (Å²) in [5, 5.41) is 0. The molecule has 3 rings (SSSR count). The Kier molecular flexibility index (Phi) is 2.78. The van der Waals surface area contributed by atoms with Gasteiger partial charge < -0.3 is 24.7 Å². The van der Waals surface area contributed by atoms with E-state index in [-0.39, 0.29) is 30.3 Å². The fourth-order valence-corrected chi connectivity index (χ4v) is 3.42. The van der Waals surface area contributed by atoms with Crippen LogP contribution in [0.1, 0.15) is 34.1 Å². The van der Waals surface area contributed by atoms with Crippen LogP contribution in [-0.2, 0) is 18.9 Å². The smallest absolute Gasteiger partial charge is 0.163 e. The molecule has 5 atom stereocenters. The molecule has 0 unspecified atom stereocenters. The molecule has 0 aromatic carbocycles. The van der Waals surface area contributed by atoms with Crippen molar-refractivity contribution in [1.29, 1.82) is 0 Å².